The third-order valence-corrected chi connectivity index (χ3v) is 6.71. The zero-order chi connectivity index (χ0) is 19.5. The summed E-state index contributed by atoms with van der Waals surface area (Å²) < 4.78 is 5.31. The molecule has 3 heterocycles. The molecule has 0 saturated carbocycles. The summed E-state index contributed by atoms with van der Waals surface area (Å²) in [5.74, 6) is 0.806. The van der Waals surface area contributed by atoms with Crippen LogP contribution in [0.1, 0.15) is 45.2 Å². The number of furan rings is 1. The highest BCUT2D eigenvalue weighted by Gasteiger charge is 2.33. The zero-order valence-corrected chi connectivity index (χ0v) is 17.2. The lowest BCUT2D eigenvalue weighted by molar-refractivity contribution is -0.123. The highest BCUT2D eigenvalue weighted by Crippen LogP contribution is 2.42. The molecule has 1 aliphatic heterocycles. The van der Waals surface area contributed by atoms with Gasteiger partial charge in [0.15, 0.2) is 0 Å². The largest absolute Gasteiger partial charge is 0.467 e. The Hall–Kier alpha value is -2.37. The predicted molar refractivity (Wildman–Crippen MR) is 113 cm³/mol. The van der Waals surface area contributed by atoms with Crippen LogP contribution in [0.15, 0.2) is 53.1 Å². The van der Waals surface area contributed by atoms with E-state index in [1.54, 1.807) is 6.26 Å². The molecule has 3 aromatic rings. The van der Waals surface area contributed by atoms with Crippen LogP contribution in [-0.4, -0.2) is 23.9 Å². The van der Waals surface area contributed by atoms with Crippen molar-refractivity contribution in [1.82, 2.24) is 10.2 Å². The van der Waals surface area contributed by atoms with E-state index in [2.05, 4.69) is 48.3 Å². The minimum Gasteiger partial charge on any atom is -0.467 e. The van der Waals surface area contributed by atoms with E-state index in [1.807, 2.05) is 29.5 Å². The average Bonchev–Trinajstić information content (AvgIpc) is 3.33. The molecule has 1 unspecified atom stereocenters. The summed E-state index contributed by atoms with van der Waals surface area (Å²) in [6.45, 7) is 6.17. The molecule has 4 rings (SSSR count). The maximum absolute atomic E-state index is 12.6. The Morgan fingerprint density at radius 1 is 1.25 bits per heavy atom. The second kappa shape index (κ2) is 8.33. The van der Waals surface area contributed by atoms with Crippen molar-refractivity contribution in [2.45, 2.75) is 39.3 Å². The van der Waals surface area contributed by atoms with Gasteiger partial charge in [-0.15, -0.1) is 11.3 Å². The SMILES string of the molecule is CCc1c(C)sc2c1CCN(CC(=O)NCc1ccco1)C2c1ccccc1. The maximum Gasteiger partial charge on any atom is 0.234 e. The highest BCUT2D eigenvalue weighted by atomic mass is 32.1. The summed E-state index contributed by atoms with van der Waals surface area (Å²) in [4.78, 5) is 17.8. The van der Waals surface area contributed by atoms with Gasteiger partial charge in [-0.25, -0.2) is 0 Å². The molecule has 0 aliphatic carbocycles. The molecule has 5 heteroatoms. The predicted octanol–water partition coefficient (Wildman–Crippen LogP) is 4.48. The molecular formula is C23H26N2O2S. The van der Waals surface area contributed by atoms with Gasteiger partial charge in [0, 0.05) is 16.3 Å². The molecule has 1 atom stereocenters. The lowest BCUT2D eigenvalue weighted by atomic mass is 9.92. The molecule has 146 valence electrons. The van der Waals surface area contributed by atoms with Crippen LogP contribution in [0.3, 0.4) is 0 Å². The van der Waals surface area contributed by atoms with Crippen LogP contribution >= 0.6 is 11.3 Å². The second-order valence-electron chi connectivity index (χ2n) is 7.22. The van der Waals surface area contributed by atoms with Gasteiger partial charge in [-0.05, 0) is 48.6 Å². The quantitative estimate of drug-likeness (QED) is 0.671. The molecule has 1 N–H and O–H groups in total. The summed E-state index contributed by atoms with van der Waals surface area (Å²) in [5.41, 5.74) is 4.26. The number of aryl methyl sites for hydroxylation is 1. The van der Waals surface area contributed by atoms with Crippen LogP contribution in [0.25, 0.3) is 0 Å². The molecule has 0 radical (unpaired) electrons. The fourth-order valence-electron chi connectivity index (χ4n) is 4.16. The fourth-order valence-corrected chi connectivity index (χ4v) is 5.63. The third kappa shape index (κ3) is 3.77. The minimum atomic E-state index is 0.0322. The van der Waals surface area contributed by atoms with Gasteiger partial charge >= 0.3 is 0 Å². The number of carbonyl (C=O) groups is 1. The molecule has 4 nitrogen and oxygen atoms in total. The Morgan fingerprint density at radius 3 is 2.79 bits per heavy atom. The van der Waals surface area contributed by atoms with Crippen LogP contribution in [0.4, 0.5) is 0 Å². The second-order valence-corrected chi connectivity index (χ2v) is 8.48. The van der Waals surface area contributed by atoms with E-state index in [1.165, 1.54) is 26.4 Å². The van der Waals surface area contributed by atoms with Gasteiger partial charge in [0.1, 0.15) is 5.76 Å². The van der Waals surface area contributed by atoms with Crippen molar-refractivity contribution in [1.29, 1.82) is 0 Å². The van der Waals surface area contributed by atoms with Crippen LogP contribution in [-0.2, 0) is 24.2 Å². The number of nitrogens with one attached hydrogen (secondary N) is 1. The average molecular weight is 395 g/mol. The number of nitrogens with zero attached hydrogens (tertiary/aromatic N) is 1. The van der Waals surface area contributed by atoms with E-state index in [-0.39, 0.29) is 11.9 Å². The van der Waals surface area contributed by atoms with E-state index in [9.17, 15) is 4.79 Å². The van der Waals surface area contributed by atoms with Crippen molar-refractivity contribution in [3.63, 3.8) is 0 Å². The van der Waals surface area contributed by atoms with E-state index < -0.39 is 0 Å². The molecule has 0 spiro atoms. The van der Waals surface area contributed by atoms with Gasteiger partial charge in [-0.2, -0.15) is 0 Å². The number of thiophene rings is 1. The summed E-state index contributed by atoms with van der Waals surface area (Å²) in [6.07, 6.45) is 3.71. The van der Waals surface area contributed by atoms with Crippen molar-refractivity contribution in [3.8, 4) is 0 Å². The van der Waals surface area contributed by atoms with Crippen molar-refractivity contribution in [2.75, 3.05) is 13.1 Å². The smallest absolute Gasteiger partial charge is 0.234 e. The lowest BCUT2D eigenvalue weighted by Gasteiger charge is -2.36. The molecule has 1 amide bonds. The molecule has 2 aromatic heterocycles. The van der Waals surface area contributed by atoms with Gasteiger partial charge < -0.3 is 9.73 Å². The summed E-state index contributed by atoms with van der Waals surface area (Å²) in [6, 6.07) is 14.4. The topological polar surface area (TPSA) is 45.5 Å². The van der Waals surface area contributed by atoms with Crippen molar-refractivity contribution >= 4 is 17.2 Å². The Balaban J connectivity index is 1.58. The molecule has 0 bridgehead atoms. The minimum absolute atomic E-state index is 0.0322. The first-order chi connectivity index (χ1) is 13.7. The molecular weight excluding hydrogens is 368 g/mol. The van der Waals surface area contributed by atoms with E-state index >= 15 is 0 Å². The Bertz CT molecular complexity index is 931. The first kappa shape index (κ1) is 19.0. The molecule has 0 saturated heterocycles. The van der Waals surface area contributed by atoms with Gasteiger partial charge in [0.25, 0.3) is 0 Å². The first-order valence-corrected chi connectivity index (χ1v) is 10.7. The number of carbonyl (C=O) groups excluding carboxylic acids is 1. The highest BCUT2D eigenvalue weighted by molar-refractivity contribution is 7.12. The Labute approximate surface area is 170 Å². The van der Waals surface area contributed by atoms with Crippen LogP contribution in [0.2, 0.25) is 0 Å². The lowest BCUT2D eigenvalue weighted by Crippen LogP contribution is -2.42. The van der Waals surface area contributed by atoms with Crippen molar-refractivity contribution < 1.29 is 9.21 Å². The van der Waals surface area contributed by atoms with Crippen molar-refractivity contribution in [2.24, 2.45) is 0 Å². The van der Waals surface area contributed by atoms with Crippen LogP contribution in [0.5, 0.6) is 0 Å². The molecule has 0 fully saturated rings. The van der Waals surface area contributed by atoms with Gasteiger partial charge in [0.05, 0.1) is 25.4 Å². The molecule has 1 aliphatic rings. The maximum atomic E-state index is 12.6. The number of fused-ring (bicyclic) bond motifs is 1. The monoisotopic (exact) mass is 394 g/mol. The van der Waals surface area contributed by atoms with E-state index in [4.69, 9.17) is 4.42 Å². The molecule has 1 aromatic carbocycles. The number of rotatable bonds is 6. The number of amides is 1. The van der Waals surface area contributed by atoms with Crippen molar-refractivity contribution in [3.05, 3.63) is 80.9 Å². The van der Waals surface area contributed by atoms with Gasteiger partial charge in [0.2, 0.25) is 5.91 Å². The van der Waals surface area contributed by atoms with Crippen LogP contribution < -0.4 is 5.32 Å². The summed E-state index contributed by atoms with van der Waals surface area (Å²) in [5, 5.41) is 2.99. The number of benzene rings is 1. The standard InChI is InChI=1S/C23H26N2O2S/c1-3-19-16(2)28-23-20(19)11-12-25(22(23)17-8-5-4-6-9-17)15-21(26)24-14-18-10-7-13-27-18/h4-10,13,22H,3,11-12,14-15H2,1-2H3,(H,24,26). The number of hydrogen-bond acceptors (Lipinski definition) is 4. The Kier molecular flexibility index (Phi) is 5.64. The number of hydrogen-bond donors (Lipinski definition) is 1. The van der Waals surface area contributed by atoms with E-state index in [0.29, 0.717) is 13.1 Å². The van der Waals surface area contributed by atoms with Gasteiger partial charge in [-0.1, -0.05) is 37.3 Å². The molecule has 28 heavy (non-hydrogen) atoms. The Morgan fingerprint density at radius 2 is 2.07 bits per heavy atom. The van der Waals surface area contributed by atoms with Gasteiger partial charge in [-0.3, -0.25) is 9.69 Å². The zero-order valence-electron chi connectivity index (χ0n) is 16.4. The van der Waals surface area contributed by atoms with Crippen LogP contribution in [0, 0.1) is 6.92 Å². The summed E-state index contributed by atoms with van der Waals surface area (Å²) in [7, 11) is 0. The first-order valence-electron chi connectivity index (χ1n) is 9.86. The fraction of sp³-hybridized carbons (Fsp3) is 0.348. The third-order valence-electron chi connectivity index (χ3n) is 5.47. The normalized spacial score (nSPS) is 16.7. The van der Waals surface area contributed by atoms with E-state index in [0.717, 1.165) is 25.1 Å². The summed E-state index contributed by atoms with van der Waals surface area (Å²) >= 11 is 1.90.